The molecule has 0 aliphatic carbocycles. The van der Waals surface area contributed by atoms with Crippen LogP contribution < -0.4 is 0 Å². The number of rotatable bonds is 16. The van der Waals surface area contributed by atoms with E-state index in [-0.39, 0.29) is 32.4 Å². The second kappa shape index (κ2) is 16.1. The van der Waals surface area contributed by atoms with Gasteiger partial charge in [0.15, 0.2) is 0 Å². The number of esters is 4. The number of carbonyl (C=O) groups is 5. The highest BCUT2D eigenvalue weighted by molar-refractivity contribution is 6.40. The van der Waals surface area contributed by atoms with Crippen LogP contribution in [0.15, 0.2) is 22.3 Å². The number of ketones is 1. The number of allylic oxidation sites excluding steroid dienone is 3. The van der Waals surface area contributed by atoms with Gasteiger partial charge < -0.3 is 18.9 Å². The van der Waals surface area contributed by atoms with Crippen molar-refractivity contribution in [2.45, 2.75) is 94.9 Å². The average molecular weight is 539 g/mol. The molecule has 0 aromatic heterocycles. The Morgan fingerprint density at radius 2 is 1.11 bits per heavy atom. The van der Waals surface area contributed by atoms with Gasteiger partial charge in [0.1, 0.15) is 26.4 Å². The lowest BCUT2D eigenvalue weighted by Gasteiger charge is -2.28. The van der Waals surface area contributed by atoms with Gasteiger partial charge in [-0.1, -0.05) is 18.9 Å². The summed E-state index contributed by atoms with van der Waals surface area (Å²) >= 11 is 0. The molecule has 0 rings (SSSR count). The van der Waals surface area contributed by atoms with Crippen LogP contribution in [0.3, 0.4) is 0 Å². The first-order valence-corrected chi connectivity index (χ1v) is 13.0. The summed E-state index contributed by atoms with van der Waals surface area (Å²) in [5, 5.41) is 0. The van der Waals surface area contributed by atoms with Gasteiger partial charge in [0.25, 0.3) is 5.78 Å². The molecule has 0 aliphatic heterocycles. The topological polar surface area (TPSA) is 122 Å². The molecule has 0 aliphatic rings. The minimum atomic E-state index is -0.989. The zero-order chi connectivity index (χ0) is 29.7. The van der Waals surface area contributed by atoms with Crippen LogP contribution in [-0.2, 0) is 42.9 Å². The number of carbonyl (C=O) groups excluding carboxylic acids is 5. The van der Waals surface area contributed by atoms with Crippen molar-refractivity contribution in [3.8, 4) is 0 Å². The van der Waals surface area contributed by atoms with Gasteiger partial charge in [0.2, 0.25) is 0 Å². The average Bonchev–Trinajstić information content (AvgIpc) is 2.86. The van der Waals surface area contributed by atoms with Gasteiger partial charge in [0.05, 0.1) is 10.8 Å². The van der Waals surface area contributed by atoms with Crippen molar-refractivity contribution in [2.75, 3.05) is 26.4 Å². The molecular formula is C29H46O9. The summed E-state index contributed by atoms with van der Waals surface area (Å²) in [5.41, 5.74) is 1.48. The van der Waals surface area contributed by atoms with Crippen LogP contribution >= 0.6 is 0 Å². The van der Waals surface area contributed by atoms with E-state index < -0.39 is 34.5 Å². The molecule has 0 radical (unpaired) electrons. The van der Waals surface area contributed by atoms with E-state index in [0.29, 0.717) is 31.3 Å². The molecule has 38 heavy (non-hydrogen) atoms. The van der Waals surface area contributed by atoms with E-state index in [1.54, 1.807) is 27.7 Å². The van der Waals surface area contributed by atoms with E-state index >= 15 is 0 Å². The highest BCUT2D eigenvalue weighted by atomic mass is 16.6. The summed E-state index contributed by atoms with van der Waals surface area (Å²) < 4.78 is 20.3. The molecule has 0 N–H and O–H groups in total. The fourth-order valence-electron chi connectivity index (χ4n) is 3.45. The number of Topliss-reactive ketones (excluding diaryl/α,β-unsaturated/α-hetero) is 1. The van der Waals surface area contributed by atoms with Crippen LogP contribution in [0.25, 0.3) is 0 Å². The fraction of sp³-hybridized carbons (Fsp3) is 0.690. The highest BCUT2D eigenvalue weighted by Crippen LogP contribution is 2.33. The largest absolute Gasteiger partial charge is 0.462 e. The predicted octanol–water partition coefficient (Wildman–Crippen LogP) is 5.05. The summed E-state index contributed by atoms with van der Waals surface area (Å²) in [7, 11) is 0. The molecule has 0 aromatic carbocycles. The minimum Gasteiger partial charge on any atom is -0.462 e. The highest BCUT2D eigenvalue weighted by Gasteiger charge is 2.35. The van der Waals surface area contributed by atoms with Crippen molar-refractivity contribution in [1.29, 1.82) is 0 Å². The molecule has 0 bridgehead atoms. The zero-order valence-corrected chi connectivity index (χ0v) is 24.8. The monoisotopic (exact) mass is 538 g/mol. The maximum Gasteiger partial charge on any atom is 0.379 e. The normalized spacial score (nSPS) is 13.4. The SMILES string of the molecule is CCC(C)(CCCC(C)(C)C(=O)OCCOC(=O)C(=O)/C(C)=C(\C)C(C)=C(C)C)C(=O)OCCOC(C)=O. The Kier molecular flexibility index (Phi) is 14.8. The summed E-state index contributed by atoms with van der Waals surface area (Å²) in [4.78, 5) is 60.4. The van der Waals surface area contributed by atoms with Crippen LogP contribution in [0.5, 0.6) is 0 Å². The van der Waals surface area contributed by atoms with Gasteiger partial charge in [-0.15, -0.1) is 0 Å². The maximum atomic E-state index is 12.6. The predicted molar refractivity (Wildman–Crippen MR) is 143 cm³/mol. The van der Waals surface area contributed by atoms with Crippen molar-refractivity contribution in [3.05, 3.63) is 22.3 Å². The van der Waals surface area contributed by atoms with E-state index in [2.05, 4.69) is 0 Å². The Bertz CT molecular complexity index is 936. The van der Waals surface area contributed by atoms with Crippen LogP contribution in [0.1, 0.15) is 94.9 Å². The number of ether oxygens (including phenoxy) is 4. The molecule has 0 saturated heterocycles. The van der Waals surface area contributed by atoms with Crippen molar-refractivity contribution in [3.63, 3.8) is 0 Å². The summed E-state index contributed by atoms with van der Waals surface area (Å²) in [6.07, 6.45) is 2.10. The molecule has 0 fully saturated rings. The number of hydrogen-bond donors (Lipinski definition) is 0. The minimum absolute atomic E-state index is 0.00738. The van der Waals surface area contributed by atoms with E-state index in [1.165, 1.54) is 6.92 Å². The lowest BCUT2D eigenvalue weighted by Crippen LogP contribution is -2.32. The van der Waals surface area contributed by atoms with Gasteiger partial charge in [0, 0.05) is 12.5 Å². The van der Waals surface area contributed by atoms with Gasteiger partial charge in [-0.3, -0.25) is 19.2 Å². The molecule has 0 aromatic rings. The zero-order valence-electron chi connectivity index (χ0n) is 24.8. The third-order valence-electron chi connectivity index (χ3n) is 6.93. The maximum absolute atomic E-state index is 12.6. The van der Waals surface area contributed by atoms with Crippen molar-refractivity contribution >= 4 is 29.7 Å². The molecule has 1 unspecified atom stereocenters. The Hall–Kier alpha value is -2.97. The Balaban J connectivity index is 4.68. The van der Waals surface area contributed by atoms with E-state index in [9.17, 15) is 24.0 Å². The molecule has 9 heteroatoms. The fourth-order valence-corrected chi connectivity index (χ4v) is 3.45. The lowest BCUT2D eigenvalue weighted by atomic mass is 9.79. The molecular weight excluding hydrogens is 492 g/mol. The van der Waals surface area contributed by atoms with Gasteiger partial charge in [-0.25, -0.2) is 4.79 Å². The standard InChI is InChI=1S/C29H46O9/c1-11-29(10,27(34)38-17-15-35-23(7)30)14-12-13-28(8,9)26(33)37-18-16-36-25(32)24(31)22(6)21(5)20(4)19(2)3/h11-18H2,1-10H3/b22-21+. The third-order valence-corrected chi connectivity index (χ3v) is 6.93. The van der Waals surface area contributed by atoms with Crippen molar-refractivity contribution in [2.24, 2.45) is 10.8 Å². The summed E-state index contributed by atoms with van der Waals surface area (Å²) in [6.45, 7) is 17.2. The van der Waals surface area contributed by atoms with E-state index in [4.69, 9.17) is 18.9 Å². The molecule has 1 atom stereocenters. The quantitative estimate of drug-likeness (QED) is 0.0663. The molecule has 216 valence electrons. The lowest BCUT2D eigenvalue weighted by molar-refractivity contribution is -0.161. The molecule has 9 nitrogen and oxygen atoms in total. The van der Waals surface area contributed by atoms with Gasteiger partial charge >= 0.3 is 23.9 Å². The second-order valence-corrected chi connectivity index (χ2v) is 10.6. The Labute approximate surface area is 227 Å². The molecule has 0 saturated carbocycles. The first-order chi connectivity index (χ1) is 17.5. The first kappa shape index (κ1) is 35.0. The molecule has 0 heterocycles. The van der Waals surface area contributed by atoms with E-state index in [1.807, 2.05) is 34.6 Å². The van der Waals surface area contributed by atoms with Gasteiger partial charge in [-0.2, -0.15) is 0 Å². The number of hydrogen-bond acceptors (Lipinski definition) is 9. The Morgan fingerprint density at radius 3 is 1.61 bits per heavy atom. The van der Waals surface area contributed by atoms with Crippen molar-refractivity contribution in [1.82, 2.24) is 0 Å². The summed E-state index contributed by atoms with van der Waals surface area (Å²) in [6, 6.07) is 0. The second-order valence-electron chi connectivity index (χ2n) is 10.6. The van der Waals surface area contributed by atoms with Crippen LogP contribution in [0.4, 0.5) is 0 Å². The summed E-state index contributed by atoms with van der Waals surface area (Å²) in [5.74, 6) is -2.99. The smallest absolute Gasteiger partial charge is 0.379 e. The Morgan fingerprint density at radius 1 is 0.605 bits per heavy atom. The van der Waals surface area contributed by atoms with Crippen LogP contribution in [0, 0.1) is 10.8 Å². The first-order valence-electron chi connectivity index (χ1n) is 13.0. The molecule has 0 amide bonds. The van der Waals surface area contributed by atoms with E-state index in [0.717, 1.165) is 16.7 Å². The van der Waals surface area contributed by atoms with Gasteiger partial charge in [-0.05, 0) is 85.8 Å². The third kappa shape index (κ3) is 11.6. The van der Waals surface area contributed by atoms with Crippen molar-refractivity contribution < 1.29 is 42.9 Å². The van der Waals surface area contributed by atoms with Crippen LogP contribution in [0.2, 0.25) is 0 Å². The van der Waals surface area contributed by atoms with Crippen LogP contribution in [-0.4, -0.2) is 56.1 Å². The molecule has 0 spiro atoms.